The number of nitrogens with one attached hydrogen (secondary N) is 1. The summed E-state index contributed by atoms with van der Waals surface area (Å²) in [4.78, 5) is 26.9. The molecule has 6 heteroatoms. The van der Waals surface area contributed by atoms with Crippen molar-refractivity contribution in [2.45, 2.75) is 55.7 Å². The summed E-state index contributed by atoms with van der Waals surface area (Å²) in [6.07, 6.45) is 5.22. The highest BCUT2D eigenvalue weighted by atomic mass is 32.2. The fourth-order valence-corrected chi connectivity index (χ4v) is 4.98. The van der Waals surface area contributed by atoms with Crippen LogP contribution in [0.4, 0.5) is 5.69 Å². The number of nitrogens with zero attached hydrogens (tertiary/aromatic N) is 2. The summed E-state index contributed by atoms with van der Waals surface area (Å²) in [5.74, 6) is -0.313. The van der Waals surface area contributed by atoms with Gasteiger partial charge in [-0.1, -0.05) is 31.0 Å². The zero-order chi connectivity index (χ0) is 20.4. The van der Waals surface area contributed by atoms with Gasteiger partial charge in [0, 0.05) is 21.2 Å². The van der Waals surface area contributed by atoms with Crippen molar-refractivity contribution >= 4 is 34.1 Å². The van der Waals surface area contributed by atoms with E-state index in [0.717, 1.165) is 5.69 Å². The van der Waals surface area contributed by atoms with Gasteiger partial charge in [-0.15, -0.1) is 11.8 Å². The summed E-state index contributed by atoms with van der Waals surface area (Å²) < 4.78 is 1.37. The molecule has 1 saturated carbocycles. The van der Waals surface area contributed by atoms with Crippen molar-refractivity contribution in [2.24, 2.45) is 0 Å². The lowest BCUT2D eigenvalue weighted by atomic mass is 10.1. The Bertz CT molecular complexity index is 1080. The van der Waals surface area contributed by atoms with Gasteiger partial charge in [-0.3, -0.25) is 9.59 Å². The van der Waals surface area contributed by atoms with Crippen molar-refractivity contribution in [1.29, 1.82) is 0 Å². The number of benzene rings is 2. The van der Waals surface area contributed by atoms with Gasteiger partial charge >= 0.3 is 0 Å². The number of fused-ring (bicyclic) bond motifs is 1. The van der Waals surface area contributed by atoms with Gasteiger partial charge in [0.2, 0.25) is 0 Å². The molecule has 1 N–H and O–H groups in total. The fourth-order valence-electron chi connectivity index (χ4n) is 3.73. The Morgan fingerprint density at radius 2 is 1.72 bits per heavy atom. The molecule has 1 heterocycles. The lowest BCUT2D eigenvalue weighted by Gasteiger charge is -2.14. The van der Waals surface area contributed by atoms with Crippen molar-refractivity contribution in [2.75, 3.05) is 5.32 Å². The minimum absolute atomic E-state index is 0.134. The monoisotopic (exact) mass is 407 g/mol. The first kappa shape index (κ1) is 19.7. The summed E-state index contributed by atoms with van der Waals surface area (Å²) in [7, 11) is 0. The SMILES string of the molecule is CC(C)n1nc(C(=O)Nc2ccc(SC3CCCC3)cc2)c2ccccc2c1=O. The Morgan fingerprint density at radius 3 is 2.38 bits per heavy atom. The lowest BCUT2D eigenvalue weighted by Crippen LogP contribution is -2.28. The van der Waals surface area contributed by atoms with Crippen LogP contribution in [0.15, 0.2) is 58.2 Å². The lowest BCUT2D eigenvalue weighted by molar-refractivity contribution is 0.102. The van der Waals surface area contributed by atoms with Gasteiger partial charge < -0.3 is 5.32 Å². The number of carbonyl (C=O) groups is 1. The van der Waals surface area contributed by atoms with Crippen molar-refractivity contribution in [3.8, 4) is 0 Å². The van der Waals surface area contributed by atoms with Gasteiger partial charge in [0.1, 0.15) is 0 Å². The number of carbonyl (C=O) groups excluding carboxylic acids is 1. The van der Waals surface area contributed by atoms with E-state index >= 15 is 0 Å². The van der Waals surface area contributed by atoms with Crippen molar-refractivity contribution in [3.05, 3.63) is 64.6 Å². The largest absolute Gasteiger partial charge is 0.321 e. The Labute approximate surface area is 174 Å². The maximum atomic E-state index is 13.0. The van der Waals surface area contributed by atoms with E-state index in [1.54, 1.807) is 18.2 Å². The average molecular weight is 408 g/mol. The molecule has 29 heavy (non-hydrogen) atoms. The van der Waals surface area contributed by atoms with Crippen LogP contribution in [0.2, 0.25) is 0 Å². The smallest absolute Gasteiger partial charge is 0.276 e. The number of hydrogen-bond donors (Lipinski definition) is 1. The minimum Gasteiger partial charge on any atom is -0.321 e. The van der Waals surface area contributed by atoms with E-state index in [2.05, 4.69) is 22.5 Å². The van der Waals surface area contributed by atoms with Crippen molar-refractivity contribution in [3.63, 3.8) is 0 Å². The molecular weight excluding hydrogens is 382 g/mol. The molecule has 2 aromatic carbocycles. The highest BCUT2D eigenvalue weighted by molar-refractivity contribution is 8.00. The predicted molar refractivity (Wildman–Crippen MR) is 119 cm³/mol. The van der Waals surface area contributed by atoms with Crippen molar-refractivity contribution in [1.82, 2.24) is 9.78 Å². The number of rotatable bonds is 5. The minimum atomic E-state index is -0.313. The third kappa shape index (κ3) is 4.22. The van der Waals surface area contributed by atoms with Gasteiger partial charge in [-0.25, -0.2) is 4.68 Å². The zero-order valence-electron chi connectivity index (χ0n) is 16.7. The first-order valence-corrected chi connectivity index (χ1v) is 11.0. The molecule has 1 fully saturated rings. The molecule has 0 unspecified atom stereocenters. The molecule has 0 bridgehead atoms. The highest BCUT2D eigenvalue weighted by Crippen LogP contribution is 2.35. The van der Waals surface area contributed by atoms with Crippen LogP contribution >= 0.6 is 11.8 Å². The number of thioether (sulfide) groups is 1. The summed E-state index contributed by atoms with van der Waals surface area (Å²) >= 11 is 1.92. The Kier molecular flexibility index (Phi) is 5.72. The van der Waals surface area contributed by atoms with E-state index in [0.29, 0.717) is 16.0 Å². The molecule has 4 rings (SSSR count). The quantitative estimate of drug-likeness (QED) is 0.626. The van der Waals surface area contributed by atoms with Crippen molar-refractivity contribution < 1.29 is 4.79 Å². The molecule has 1 aliphatic carbocycles. The molecule has 0 atom stereocenters. The molecule has 1 aromatic heterocycles. The highest BCUT2D eigenvalue weighted by Gasteiger charge is 2.19. The number of amides is 1. The van der Waals surface area contributed by atoms with E-state index in [1.165, 1.54) is 35.3 Å². The van der Waals surface area contributed by atoms with Crippen LogP contribution in [0.5, 0.6) is 0 Å². The molecule has 1 aliphatic rings. The zero-order valence-corrected chi connectivity index (χ0v) is 17.5. The maximum absolute atomic E-state index is 13.0. The standard InChI is InChI=1S/C23H25N3O2S/c1-15(2)26-23(28)20-10-6-5-9-19(20)21(25-26)22(27)24-16-11-13-18(14-12-16)29-17-7-3-4-8-17/h5-6,9-15,17H,3-4,7-8H2,1-2H3,(H,24,27). The molecule has 0 saturated heterocycles. The number of aromatic nitrogens is 2. The molecular formula is C23H25N3O2S. The van der Waals surface area contributed by atoms with Crippen LogP contribution in [0.25, 0.3) is 10.8 Å². The Hall–Kier alpha value is -2.60. The average Bonchev–Trinajstić information content (AvgIpc) is 3.22. The summed E-state index contributed by atoms with van der Waals surface area (Å²) in [6, 6.07) is 15.0. The second-order valence-corrected chi connectivity index (χ2v) is 9.11. The van der Waals surface area contributed by atoms with Crippen LogP contribution in [0.3, 0.4) is 0 Å². The van der Waals surface area contributed by atoms with E-state index < -0.39 is 0 Å². The molecule has 5 nitrogen and oxygen atoms in total. The summed E-state index contributed by atoms with van der Waals surface area (Å²) in [5, 5.41) is 9.09. The van der Waals surface area contributed by atoms with Crippen LogP contribution in [0.1, 0.15) is 56.1 Å². The molecule has 0 spiro atoms. The Morgan fingerprint density at radius 1 is 1.07 bits per heavy atom. The molecule has 0 radical (unpaired) electrons. The van der Waals surface area contributed by atoms with Gasteiger partial charge in [0.05, 0.1) is 11.4 Å². The summed E-state index contributed by atoms with van der Waals surface area (Å²) in [5.41, 5.74) is 0.803. The first-order valence-electron chi connectivity index (χ1n) is 10.1. The second-order valence-electron chi connectivity index (χ2n) is 7.74. The fraction of sp³-hybridized carbons (Fsp3) is 0.348. The van der Waals surface area contributed by atoms with Gasteiger partial charge in [-0.2, -0.15) is 5.10 Å². The van der Waals surface area contributed by atoms with Crippen LogP contribution in [-0.2, 0) is 0 Å². The van der Waals surface area contributed by atoms with E-state index in [4.69, 9.17) is 0 Å². The molecule has 150 valence electrons. The maximum Gasteiger partial charge on any atom is 0.276 e. The van der Waals surface area contributed by atoms with E-state index in [1.807, 2.05) is 43.8 Å². The van der Waals surface area contributed by atoms with Gasteiger partial charge in [0.15, 0.2) is 5.69 Å². The van der Waals surface area contributed by atoms with Gasteiger partial charge in [0.25, 0.3) is 11.5 Å². The third-order valence-electron chi connectivity index (χ3n) is 5.25. The molecule has 0 aliphatic heterocycles. The van der Waals surface area contributed by atoms with E-state index in [9.17, 15) is 9.59 Å². The second kappa shape index (κ2) is 8.41. The molecule has 3 aromatic rings. The van der Waals surface area contributed by atoms with Crippen LogP contribution in [0, 0.1) is 0 Å². The van der Waals surface area contributed by atoms with Crippen LogP contribution in [-0.4, -0.2) is 20.9 Å². The third-order valence-corrected chi connectivity index (χ3v) is 6.60. The van der Waals surface area contributed by atoms with Gasteiger partial charge in [-0.05, 0) is 57.0 Å². The predicted octanol–water partition coefficient (Wildman–Crippen LogP) is 5.26. The summed E-state index contributed by atoms with van der Waals surface area (Å²) in [6.45, 7) is 3.76. The first-order chi connectivity index (χ1) is 14.0. The van der Waals surface area contributed by atoms with E-state index in [-0.39, 0.29) is 23.2 Å². The normalized spacial score (nSPS) is 14.6. The molecule has 1 amide bonds. The van der Waals surface area contributed by atoms with Crippen LogP contribution < -0.4 is 10.9 Å². The number of hydrogen-bond acceptors (Lipinski definition) is 4. The topological polar surface area (TPSA) is 64.0 Å². The number of anilines is 1. The Balaban J connectivity index is 1.59.